The van der Waals surface area contributed by atoms with Crippen molar-refractivity contribution in [1.82, 2.24) is 10.6 Å². The molecule has 3 N–H and O–H groups in total. The van der Waals surface area contributed by atoms with E-state index < -0.39 is 0 Å². The molecule has 0 aliphatic carbocycles. The van der Waals surface area contributed by atoms with Gasteiger partial charge in [0.1, 0.15) is 0 Å². The van der Waals surface area contributed by atoms with Gasteiger partial charge in [-0.1, -0.05) is 43.1 Å². The number of rotatable bonds is 9. The summed E-state index contributed by atoms with van der Waals surface area (Å²) >= 11 is 12.4. The molecule has 0 spiro atoms. The van der Waals surface area contributed by atoms with Crippen LogP contribution in [0.1, 0.15) is 32.3 Å². The Hall–Kier alpha value is -1.01. The van der Waals surface area contributed by atoms with Gasteiger partial charge in [-0.2, -0.15) is 0 Å². The molecule has 2 rings (SSSR count). The highest BCUT2D eigenvalue weighted by Crippen LogP contribution is 2.31. The Morgan fingerprint density at radius 3 is 2.68 bits per heavy atom. The van der Waals surface area contributed by atoms with Crippen molar-refractivity contribution in [3.8, 4) is 0 Å². The van der Waals surface area contributed by atoms with E-state index in [-0.39, 0.29) is 12.0 Å². The number of aliphatic imine (C=N–C) groups is 1. The first-order valence-electron chi connectivity index (χ1n) is 9.96. The average Bonchev–Trinajstić information content (AvgIpc) is 3.11. The Kier molecular flexibility index (Phi) is 9.35. The third-order valence-corrected chi connectivity index (χ3v) is 6.24. The van der Waals surface area contributed by atoms with E-state index in [1.807, 2.05) is 12.1 Å². The topological polar surface area (TPSA) is 65.9 Å². The van der Waals surface area contributed by atoms with Crippen LogP contribution in [0.5, 0.6) is 0 Å². The molecule has 0 amide bonds. The number of nitrogens with zero attached hydrogens (tertiary/aromatic N) is 1. The Bertz CT molecular complexity index is 647. The van der Waals surface area contributed by atoms with Gasteiger partial charge in [-0.15, -0.1) is 0 Å². The van der Waals surface area contributed by atoms with Crippen LogP contribution in [0.25, 0.3) is 0 Å². The van der Waals surface area contributed by atoms with E-state index in [9.17, 15) is 5.11 Å². The number of aliphatic hydroxyl groups is 1. The number of halogens is 2. The van der Waals surface area contributed by atoms with Gasteiger partial charge >= 0.3 is 0 Å². The number of guanidine groups is 1. The lowest BCUT2D eigenvalue weighted by atomic mass is 9.84. The molecule has 1 aromatic carbocycles. The second kappa shape index (κ2) is 11.2. The highest BCUT2D eigenvalue weighted by molar-refractivity contribution is 6.35. The number of ether oxygens (including phenoxy) is 1. The lowest BCUT2D eigenvalue weighted by Crippen LogP contribution is -2.46. The lowest BCUT2D eigenvalue weighted by Gasteiger charge is -2.28. The smallest absolute Gasteiger partial charge is 0.191 e. The van der Waals surface area contributed by atoms with Crippen LogP contribution in [-0.2, 0) is 11.2 Å². The van der Waals surface area contributed by atoms with E-state index >= 15 is 0 Å². The maximum atomic E-state index is 9.38. The van der Waals surface area contributed by atoms with Gasteiger partial charge < -0.3 is 20.5 Å². The van der Waals surface area contributed by atoms with Gasteiger partial charge in [0.15, 0.2) is 5.96 Å². The molecule has 158 valence electrons. The standard InChI is InChI=1S/C21H33Cl2N3O2/c1-15(2)17(10-16-4-5-18(22)11-19(16)23)12-25-20(24-3)26-13-21(6-8-27)7-9-28-14-21/h4-5,11,15,17,27H,6-10,12-14H2,1-3H3,(H2,24,25,26). The minimum Gasteiger partial charge on any atom is -0.396 e. The second-order valence-electron chi connectivity index (χ2n) is 8.03. The Balaban J connectivity index is 1.91. The van der Waals surface area contributed by atoms with Gasteiger partial charge in [-0.3, -0.25) is 4.99 Å². The van der Waals surface area contributed by atoms with Crippen LogP contribution in [0.2, 0.25) is 10.0 Å². The minimum absolute atomic E-state index is 0.0132. The van der Waals surface area contributed by atoms with Crippen LogP contribution in [0.4, 0.5) is 0 Å². The van der Waals surface area contributed by atoms with Gasteiger partial charge in [0, 0.05) is 48.8 Å². The molecule has 1 aliphatic rings. The highest BCUT2D eigenvalue weighted by Gasteiger charge is 2.34. The summed E-state index contributed by atoms with van der Waals surface area (Å²) in [7, 11) is 1.78. The van der Waals surface area contributed by atoms with E-state index in [0.29, 0.717) is 28.5 Å². The van der Waals surface area contributed by atoms with Crippen molar-refractivity contribution < 1.29 is 9.84 Å². The number of aliphatic hydroxyl groups excluding tert-OH is 1. The Morgan fingerprint density at radius 2 is 2.11 bits per heavy atom. The second-order valence-corrected chi connectivity index (χ2v) is 8.87. The predicted molar refractivity (Wildman–Crippen MR) is 117 cm³/mol. The zero-order valence-corrected chi connectivity index (χ0v) is 18.6. The summed E-state index contributed by atoms with van der Waals surface area (Å²) in [6.45, 7) is 7.58. The van der Waals surface area contributed by atoms with Crippen LogP contribution < -0.4 is 10.6 Å². The van der Waals surface area contributed by atoms with Gasteiger partial charge in [0.2, 0.25) is 0 Å². The maximum Gasteiger partial charge on any atom is 0.191 e. The molecule has 5 nitrogen and oxygen atoms in total. The summed E-state index contributed by atoms with van der Waals surface area (Å²) in [4.78, 5) is 4.36. The van der Waals surface area contributed by atoms with E-state index in [1.54, 1.807) is 13.1 Å². The van der Waals surface area contributed by atoms with Crippen molar-refractivity contribution in [3.63, 3.8) is 0 Å². The normalized spacial score (nSPS) is 21.2. The molecule has 0 bridgehead atoms. The summed E-state index contributed by atoms with van der Waals surface area (Å²) in [6, 6.07) is 5.69. The van der Waals surface area contributed by atoms with E-state index in [0.717, 1.165) is 50.5 Å². The monoisotopic (exact) mass is 429 g/mol. The molecule has 2 atom stereocenters. The molecular weight excluding hydrogens is 397 g/mol. The van der Waals surface area contributed by atoms with Crippen LogP contribution in [0.3, 0.4) is 0 Å². The largest absolute Gasteiger partial charge is 0.396 e. The Morgan fingerprint density at radius 1 is 1.32 bits per heavy atom. The van der Waals surface area contributed by atoms with Crippen LogP contribution >= 0.6 is 23.2 Å². The SMILES string of the molecule is CN=C(NCC(Cc1ccc(Cl)cc1Cl)C(C)C)NCC1(CCO)CCOC1. The number of benzene rings is 1. The number of nitrogens with one attached hydrogen (secondary N) is 2. The fourth-order valence-corrected chi connectivity index (χ4v) is 4.03. The van der Waals surface area contributed by atoms with Crippen LogP contribution in [-0.4, -0.2) is 51.0 Å². The quantitative estimate of drug-likeness (QED) is 0.412. The lowest BCUT2D eigenvalue weighted by molar-refractivity contribution is 0.127. The zero-order chi connectivity index (χ0) is 20.6. The van der Waals surface area contributed by atoms with Gasteiger partial charge in [-0.25, -0.2) is 0 Å². The van der Waals surface area contributed by atoms with Crippen molar-refractivity contribution in [1.29, 1.82) is 0 Å². The van der Waals surface area contributed by atoms with Crippen molar-refractivity contribution in [2.75, 3.05) is 40.0 Å². The third kappa shape index (κ3) is 6.80. The summed E-state index contributed by atoms with van der Waals surface area (Å²) < 4.78 is 5.56. The maximum absolute atomic E-state index is 9.38. The molecule has 1 saturated heterocycles. The molecule has 1 aliphatic heterocycles. The first-order valence-corrected chi connectivity index (χ1v) is 10.7. The fourth-order valence-electron chi connectivity index (χ4n) is 3.54. The van der Waals surface area contributed by atoms with E-state index in [4.69, 9.17) is 27.9 Å². The summed E-state index contributed by atoms with van der Waals surface area (Å²) in [5.74, 6) is 1.66. The molecule has 2 unspecified atom stereocenters. The van der Waals surface area contributed by atoms with E-state index in [1.165, 1.54) is 0 Å². The molecule has 28 heavy (non-hydrogen) atoms. The first-order chi connectivity index (χ1) is 13.4. The van der Waals surface area contributed by atoms with Crippen molar-refractivity contribution in [2.45, 2.75) is 33.1 Å². The molecule has 1 heterocycles. The van der Waals surface area contributed by atoms with E-state index in [2.05, 4.69) is 29.5 Å². The molecular formula is C21H33Cl2N3O2. The van der Waals surface area contributed by atoms with Crippen LogP contribution in [0.15, 0.2) is 23.2 Å². The molecule has 0 saturated carbocycles. The number of hydrogen-bond acceptors (Lipinski definition) is 3. The third-order valence-electron chi connectivity index (χ3n) is 5.65. The minimum atomic E-state index is -0.0132. The van der Waals surface area contributed by atoms with Crippen LogP contribution in [0, 0.1) is 17.3 Å². The van der Waals surface area contributed by atoms with Gasteiger partial charge in [0.05, 0.1) is 6.61 Å². The molecule has 0 radical (unpaired) electrons. The van der Waals surface area contributed by atoms with Crippen molar-refractivity contribution in [2.24, 2.45) is 22.2 Å². The van der Waals surface area contributed by atoms with Gasteiger partial charge in [-0.05, 0) is 48.8 Å². The molecule has 1 fully saturated rings. The summed E-state index contributed by atoms with van der Waals surface area (Å²) in [6.07, 6.45) is 2.57. The summed E-state index contributed by atoms with van der Waals surface area (Å²) in [5, 5.41) is 17.6. The van der Waals surface area contributed by atoms with Gasteiger partial charge in [0.25, 0.3) is 0 Å². The first kappa shape index (κ1) is 23.3. The summed E-state index contributed by atoms with van der Waals surface area (Å²) in [5.41, 5.74) is 1.10. The zero-order valence-electron chi connectivity index (χ0n) is 17.1. The molecule has 0 aromatic heterocycles. The Labute approximate surface area is 178 Å². The van der Waals surface area contributed by atoms with Crippen molar-refractivity contribution in [3.05, 3.63) is 33.8 Å². The number of hydrogen-bond donors (Lipinski definition) is 3. The fraction of sp³-hybridized carbons (Fsp3) is 0.667. The molecule has 1 aromatic rings. The van der Waals surface area contributed by atoms with Crippen molar-refractivity contribution >= 4 is 29.2 Å². The highest BCUT2D eigenvalue weighted by atomic mass is 35.5. The predicted octanol–water partition coefficient (Wildman–Crippen LogP) is 3.76. The molecule has 7 heteroatoms. The average molecular weight is 430 g/mol.